The topological polar surface area (TPSA) is 59.6 Å². The van der Waals surface area contributed by atoms with E-state index in [1.165, 1.54) is 12.1 Å². The zero-order chi connectivity index (χ0) is 16.4. The van der Waals surface area contributed by atoms with Crippen LogP contribution in [0.25, 0.3) is 0 Å². The van der Waals surface area contributed by atoms with Crippen molar-refractivity contribution in [2.24, 2.45) is 0 Å². The number of anilines is 1. The van der Waals surface area contributed by atoms with Gasteiger partial charge < -0.3 is 14.8 Å². The van der Waals surface area contributed by atoms with Gasteiger partial charge >= 0.3 is 0 Å². The third-order valence-corrected chi connectivity index (χ3v) is 3.25. The van der Waals surface area contributed by atoms with E-state index in [2.05, 4.69) is 10.6 Å². The molecule has 1 aliphatic heterocycles. The highest BCUT2D eigenvalue weighted by Crippen LogP contribution is 2.32. The van der Waals surface area contributed by atoms with Crippen molar-refractivity contribution in [3.8, 4) is 11.5 Å². The van der Waals surface area contributed by atoms with Gasteiger partial charge in [-0.25, -0.2) is 8.78 Å². The Labute approximate surface area is 135 Å². The first kappa shape index (κ1) is 15.2. The van der Waals surface area contributed by atoms with E-state index in [0.717, 1.165) is 6.07 Å². The fourth-order valence-electron chi connectivity index (χ4n) is 1.96. The summed E-state index contributed by atoms with van der Waals surface area (Å²) in [5, 5.41) is 4.78. The number of carbonyl (C=O) groups is 1. The first-order valence-corrected chi connectivity index (χ1v) is 6.91. The Morgan fingerprint density at radius 2 is 1.87 bits per heavy atom. The van der Waals surface area contributed by atoms with Crippen LogP contribution in [0.1, 0.15) is 10.4 Å². The van der Waals surface area contributed by atoms with Crippen LogP contribution in [-0.2, 0) is 0 Å². The zero-order valence-corrected chi connectivity index (χ0v) is 12.4. The minimum Gasteiger partial charge on any atom is -0.454 e. The number of amides is 1. The van der Waals surface area contributed by atoms with Crippen molar-refractivity contribution in [1.29, 1.82) is 0 Å². The fourth-order valence-corrected chi connectivity index (χ4v) is 2.16. The Balaban J connectivity index is 1.66. The predicted octanol–water partition coefficient (Wildman–Crippen LogP) is 2.82. The molecule has 1 heterocycles. The summed E-state index contributed by atoms with van der Waals surface area (Å²) in [6.07, 6.45) is 0. The SMILES string of the molecule is O=C(NC(=S)Nc1ccc(F)cc1F)c1ccc2c(c1)OCO2. The summed E-state index contributed by atoms with van der Waals surface area (Å²) in [4.78, 5) is 12.1. The van der Waals surface area contributed by atoms with E-state index in [4.69, 9.17) is 21.7 Å². The Kier molecular flexibility index (Phi) is 4.07. The number of benzene rings is 2. The minimum atomic E-state index is -0.815. The number of carbonyl (C=O) groups excluding carboxylic acids is 1. The smallest absolute Gasteiger partial charge is 0.257 e. The van der Waals surface area contributed by atoms with Crippen LogP contribution in [0, 0.1) is 11.6 Å². The van der Waals surface area contributed by atoms with Crippen LogP contribution in [-0.4, -0.2) is 17.8 Å². The molecule has 3 rings (SSSR count). The van der Waals surface area contributed by atoms with Gasteiger partial charge in [-0.05, 0) is 42.5 Å². The Bertz CT molecular complexity index is 798. The minimum absolute atomic E-state index is 0.0395. The van der Waals surface area contributed by atoms with Gasteiger partial charge in [-0.1, -0.05) is 0 Å². The molecular formula is C15H10F2N2O3S. The van der Waals surface area contributed by atoms with E-state index < -0.39 is 17.5 Å². The first-order chi connectivity index (χ1) is 11.0. The second-order valence-electron chi connectivity index (χ2n) is 4.60. The van der Waals surface area contributed by atoms with Gasteiger partial charge in [-0.3, -0.25) is 10.1 Å². The standard InChI is InChI=1S/C15H10F2N2O3S/c16-9-2-3-11(10(17)6-9)18-15(23)19-14(20)8-1-4-12-13(5-8)22-7-21-12/h1-6H,7H2,(H2,18,19,20,23). The lowest BCUT2D eigenvalue weighted by Crippen LogP contribution is -2.34. The maximum absolute atomic E-state index is 13.5. The van der Waals surface area contributed by atoms with Crippen molar-refractivity contribution in [3.05, 3.63) is 53.6 Å². The summed E-state index contributed by atoms with van der Waals surface area (Å²) in [6.45, 7) is 0.101. The Morgan fingerprint density at radius 1 is 1.09 bits per heavy atom. The molecule has 8 heteroatoms. The van der Waals surface area contributed by atoms with Crippen LogP contribution >= 0.6 is 12.2 Å². The highest BCUT2D eigenvalue weighted by molar-refractivity contribution is 7.80. The second kappa shape index (κ2) is 6.17. The molecule has 5 nitrogen and oxygen atoms in total. The van der Waals surface area contributed by atoms with Gasteiger partial charge in [0.05, 0.1) is 5.69 Å². The number of fused-ring (bicyclic) bond motifs is 1. The maximum Gasteiger partial charge on any atom is 0.257 e. The van der Waals surface area contributed by atoms with E-state index in [9.17, 15) is 13.6 Å². The number of hydrogen-bond donors (Lipinski definition) is 2. The molecule has 0 radical (unpaired) electrons. The average Bonchev–Trinajstić information content (AvgIpc) is 2.97. The molecule has 2 N–H and O–H groups in total. The normalized spacial score (nSPS) is 11.9. The van der Waals surface area contributed by atoms with Crippen LogP contribution in [0.2, 0.25) is 0 Å². The van der Waals surface area contributed by atoms with E-state index in [-0.39, 0.29) is 17.6 Å². The lowest BCUT2D eigenvalue weighted by Gasteiger charge is -2.10. The molecule has 2 aromatic carbocycles. The summed E-state index contributed by atoms with van der Waals surface area (Å²) in [6, 6.07) is 7.64. The van der Waals surface area contributed by atoms with Gasteiger partial charge in [-0.15, -0.1) is 0 Å². The number of nitrogens with one attached hydrogen (secondary N) is 2. The molecule has 0 fully saturated rings. The molecule has 0 saturated carbocycles. The number of hydrogen-bond acceptors (Lipinski definition) is 4. The number of rotatable bonds is 2. The average molecular weight is 336 g/mol. The monoisotopic (exact) mass is 336 g/mol. The Morgan fingerprint density at radius 3 is 2.65 bits per heavy atom. The summed E-state index contributed by atoms with van der Waals surface area (Å²) < 4.78 is 36.7. The van der Waals surface area contributed by atoms with Gasteiger partial charge in [0.15, 0.2) is 16.6 Å². The van der Waals surface area contributed by atoms with E-state index >= 15 is 0 Å². The van der Waals surface area contributed by atoms with Crippen molar-refractivity contribution >= 4 is 28.9 Å². The van der Waals surface area contributed by atoms with E-state index in [1.807, 2.05) is 0 Å². The number of halogens is 2. The largest absolute Gasteiger partial charge is 0.454 e. The molecule has 0 aromatic heterocycles. The molecule has 0 unspecified atom stereocenters. The van der Waals surface area contributed by atoms with Crippen molar-refractivity contribution in [1.82, 2.24) is 5.32 Å². The van der Waals surface area contributed by atoms with Crippen LogP contribution in [0.3, 0.4) is 0 Å². The molecule has 0 aliphatic carbocycles. The van der Waals surface area contributed by atoms with E-state index in [0.29, 0.717) is 23.1 Å². The van der Waals surface area contributed by atoms with Gasteiger partial charge in [0.25, 0.3) is 5.91 Å². The molecule has 0 spiro atoms. The van der Waals surface area contributed by atoms with Crippen molar-refractivity contribution in [2.45, 2.75) is 0 Å². The quantitative estimate of drug-likeness (QED) is 0.826. The zero-order valence-electron chi connectivity index (χ0n) is 11.6. The highest BCUT2D eigenvalue weighted by atomic mass is 32.1. The van der Waals surface area contributed by atoms with Gasteiger partial charge in [0.2, 0.25) is 6.79 Å². The summed E-state index contributed by atoms with van der Waals surface area (Å²) >= 11 is 4.94. The summed E-state index contributed by atoms with van der Waals surface area (Å²) in [5.74, 6) is -1.01. The third kappa shape index (κ3) is 3.37. The van der Waals surface area contributed by atoms with Gasteiger partial charge in [0, 0.05) is 11.6 Å². The Hall–Kier alpha value is -2.74. The lowest BCUT2D eigenvalue weighted by molar-refractivity contribution is 0.0977. The molecule has 23 heavy (non-hydrogen) atoms. The maximum atomic E-state index is 13.5. The molecule has 0 bridgehead atoms. The van der Waals surface area contributed by atoms with Crippen molar-refractivity contribution < 1.29 is 23.0 Å². The first-order valence-electron chi connectivity index (χ1n) is 6.50. The van der Waals surface area contributed by atoms with Gasteiger partial charge in [-0.2, -0.15) is 0 Å². The molecule has 2 aromatic rings. The predicted molar refractivity (Wildman–Crippen MR) is 82.6 cm³/mol. The van der Waals surface area contributed by atoms with E-state index in [1.54, 1.807) is 12.1 Å². The fraction of sp³-hybridized carbons (Fsp3) is 0.0667. The van der Waals surface area contributed by atoms with Crippen LogP contribution in [0.5, 0.6) is 11.5 Å². The third-order valence-electron chi connectivity index (χ3n) is 3.04. The second-order valence-corrected chi connectivity index (χ2v) is 5.01. The van der Waals surface area contributed by atoms with Crippen molar-refractivity contribution in [3.63, 3.8) is 0 Å². The number of ether oxygens (including phenoxy) is 2. The van der Waals surface area contributed by atoms with Gasteiger partial charge in [0.1, 0.15) is 11.6 Å². The summed E-state index contributed by atoms with van der Waals surface area (Å²) in [5.41, 5.74) is 0.264. The molecule has 1 amide bonds. The lowest BCUT2D eigenvalue weighted by atomic mass is 10.2. The molecule has 118 valence electrons. The van der Waals surface area contributed by atoms with Crippen molar-refractivity contribution in [2.75, 3.05) is 12.1 Å². The van der Waals surface area contributed by atoms with Crippen LogP contribution in [0.15, 0.2) is 36.4 Å². The molecule has 1 aliphatic rings. The van der Waals surface area contributed by atoms with Crippen LogP contribution < -0.4 is 20.1 Å². The molecule has 0 saturated heterocycles. The molecule has 0 atom stereocenters. The molecular weight excluding hydrogens is 326 g/mol. The highest BCUT2D eigenvalue weighted by Gasteiger charge is 2.17. The van der Waals surface area contributed by atoms with Crippen LogP contribution in [0.4, 0.5) is 14.5 Å². The number of thiocarbonyl (C=S) groups is 1. The summed E-state index contributed by atoms with van der Waals surface area (Å²) in [7, 11) is 0.